The average molecular weight is 294 g/mol. The molecule has 0 saturated heterocycles. The summed E-state index contributed by atoms with van der Waals surface area (Å²) in [6.07, 6.45) is 0.322. The van der Waals surface area contributed by atoms with Crippen molar-refractivity contribution >= 4 is 17.0 Å². The molecule has 1 aliphatic heterocycles. The van der Waals surface area contributed by atoms with E-state index in [4.69, 9.17) is 9.47 Å². The first-order valence-electron chi connectivity index (χ1n) is 5.79. The molecule has 1 radical (unpaired) electrons. The zero-order valence-electron chi connectivity index (χ0n) is 10.4. The number of nitro benzene ring substituents is 1. The second-order valence-corrected chi connectivity index (χ2v) is 4.88. The van der Waals surface area contributed by atoms with Gasteiger partial charge in [0.25, 0.3) is 0 Å². The van der Waals surface area contributed by atoms with Gasteiger partial charge in [-0.15, -0.1) is 11.3 Å². The molecule has 1 aromatic heterocycles. The van der Waals surface area contributed by atoms with Gasteiger partial charge in [0.05, 0.1) is 30.1 Å². The summed E-state index contributed by atoms with van der Waals surface area (Å²) in [6, 6.07) is 0.902. The van der Waals surface area contributed by atoms with Gasteiger partial charge in [0, 0.05) is 28.5 Å². The molecule has 0 bridgehead atoms. The number of halogens is 1. The van der Waals surface area contributed by atoms with Gasteiger partial charge in [0.1, 0.15) is 11.6 Å². The van der Waals surface area contributed by atoms with Gasteiger partial charge in [0.2, 0.25) is 5.75 Å². The van der Waals surface area contributed by atoms with Gasteiger partial charge >= 0.3 is 5.69 Å². The number of nitrogens with zero attached hydrogens (tertiary/aromatic N) is 1. The molecule has 0 fully saturated rings. The van der Waals surface area contributed by atoms with Gasteiger partial charge < -0.3 is 9.47 Å². The molecule has 5 nitrogen and oxygen atoms in total. The Morgan fingerprint density at radius 1 is 1.60 bits per heavy atom. The summed E-state index contributed by atoms with van der Waals surface area (Å²) in [5.74, 6) is -0.0768. The molecule has 0 spiro atoms. The van der Waals surface area contributed by atoms with Crippen LogP contribution in [-0.4, -0.2) is 18.6 Å². The number of ether oxygens (including phenoxy) is 2. The lowest BCUT2D eigenvalue weighted by Crippen LogP contribution is -2.04. The van der Waals surface area contributed by atoms with E-state index in [9.17, 15) is 14.5 Å². The smallest absolute Gasteiger partial charge is 0.314 e. The molecule has 1 aliphatic rings. The van der Waals surface area contributed by atoms with Crippen molar-refractivity contribution in [3.05, 3.63) is 38.3 Å². The van der Waals surface area contributed by atoms with E-state index in [1.54, 1.807) is 5.38 Å². The van der Waals surface area contributed by atoms with Crippen LogP contribution < -0.4 is 9.47 Å². The van der Waals surface area contributed by atoms with Crippen molar-refractivity contribution < 1.29 is 18.8 Å². The van der Waals surface area contributed by atoms with Crippen LogP contribution in [0.15, 0.2) is 11.4 Å². The Morgan fingerprint density at radius 2 is 2.40 bits per heavy atom. The van der Waals surface area contributed by atoms with Crippen LogP contribution >= 0.6 is 11.3 Å². The Bertz CT molecular complexity index is 698. The second kappa shape index (κ2) is 4.75. The highest BCUT2D eigenvalue weighted by atomic mass is 32.1. The highest BCUT2D eigenvalue weighted by molar-refractivity contribution is 7.08. The van der Waals surface area contributed by atoms with Crippen molar-refractivity contribution in [1.82, 2.24) is 0 Å². The minimum atomic E-state index is -0.649. The number of fused-ring (bicyclic) bond motifs is 3. The SMILES string of the molecule is COc1c([N+](=O)[O-])cc(F)c2c1-c1cs[c]c1OCC2. The molecule has 0 aliphatic carbocycles. The number of hydrogen-bond acceptors (Lipinski definition) is 5. The highest BCUT2D eigenvalue weighted by Crippen LogP contribution is 2.47. The van der Waals surface area contributed by atoms with Gasteiger partial charge in [0.15, 0.2) is 0 Å². The summed E-state index contributed by atoms with van der Waals surface area (Å²) in [6.45, 7) is 0.297. The summed E-state index contributed by atoms with van der Waals surface area (Å²) in [7, 11) is 1.34. The van der Waals surface area contributed by atoms with Crippen LogP contribution in [0.3, 0.4) is 0 Å². The van der Waals surface area contributed by atoms with Crippen LogP contribution in [-0.2, 0) is 6.42 Å². The Kier molecular flexibility index (Phi) is 3.06. The lowest BCUT2D eigenvalue weighted by molar-refractivity contribution is -0.385. The van der Waals surface area contributed by atoms with E-state index in [0.29, 0.717) is 35.5 Å². The first-order chi connectivity index (χ1) is 9.63. The van der Waals surface area contributed by atoms with E-state index in [1.807, 2.05) is 0 Å². The average Bonchev–Trinajstić information content (AvgIpc) is 2.80. The third-order valence-electron chi connectivity index (χ3n) is 3.15. The van der Waals surface area contributed by atoms with Crippen LogP contribution in [0.2, 0.25) is 0 Å². The largest absolute Gasteiger partial charge is 0.491 e. The standard InChI is InChI=1S/C13H9FNO4S/c1-18-13-10(15(16)17)4-9(14)7-2-3-19-11-6-20-5-8(11)12(7)13/h4-5H,2-3H2,1H3. The van der Waals surface area contributed by atoms with Gasteiger partial charge in [-0.2, -0.15) is 0 Å². The topological polar surface area (TPSA) is 61.6 Å². The maximum Gasteiger partial charge on any atom is 0.314 e. The molecule has 2 heterocycles. The lowest BCUT2D eigenvalue weighted by Gasteiger charge is -2.12. The molecule has 7 heteroatoms. The van der Waals surface area contributed by atoms with Gasteiger partial charge in [-0.05, 0) is 0 Å². The molecule has 0 atom stereocenters. The van der Waals surface area contributed by atoms with E-state index in [0.717, 1.165) is 6.07 Å². The molecular weight excluding hydrogens is 285 g/mol. The quantitative estimate of drug-likeness (QED) is 0.630. The Morgan fingerprint density at radius 3 is 3.10 bits per heavy atom. The molecule has 0 amide bonds. The van der Waals surface area contributed by atoms with Crippen LogP contribution in [0.25, 0.3) is 11.1 Å². The van der Waals surface area contributed by atoms with Gasteiger partial charge in [-0.25, -0.2) is 4.39 Å². The van der Waals surface area contributed by atoms with Crippen molar-refractivity contribution in [1.29, 1.82) is 0 Å². The summed E-state index contributed by atoms with van der Waals surface area (Å²) < 4.78 is 24.8. The Hall–Kier alpha value is -2.15. The first kappa shape index (κ1) is 12.9. The van der Waals surface area contributed by atoms with Crippen molar-refractivity contribution in [2.75, 3.05) is 13.7 Å². The third-order valence-corrected chi connectivity index (χ3v) is 3.81. The Labute approximate surface area is 117 Å². The van der Waals surface area contributed by atoms with Crippen LogP contribution in [0.4, 0.5) is 10.1 Å². The number of methoxy groups -OCH3 is 1. The molecular formula is C13H9FNO4S. The molecule has 2 aromatic rings. The third kappa shape index (κ3) is 1.82. The van der Waals surface area contributed by atoms with Gasteiger partial charge in [-0.1, -0.05) is 0 Å². The predicted molar refractivity (Wildman–Crippen MR) is 71.0 cm³/mol. The minimum absolute atomic E-state index is 0.0601. The van der Waals surface area contributed by atoms with E-state index in [1.165, 1.54) is 18.4 Å². The van der Waals surface area contributed by atoms with E-state index < -0.39 is 10.7 Å². The van der Waals surface area contributed by atoms with E-state index >= 15 is 0 Å². The minimum Gasteiger partial charge on any atom is -0.491 e. The number of nitro groups is 1. The van der Waals surface area contributed by atoms with Crippen LogP contribution in [0, 0.1) is 21.3 Å². The Balaban J connectivity index is 2.39. The molecule has 0 saturated carbocycles. The summed E-state index contributed by atoms with van der Waals surface area (Å²) in [4.78, 5) is 10.4. The maximum absolute atomic E-state index is 14.2. The molecule has 0 N–H and O–H groups in total. The molecule has 1 aromatic carbocycles. The van der Waals surface area contributed by atoms with Crippen LogP contribution in [0.5, 0.6) is 11.5 Å². The van der Waals surface area contributed by atoms with Gasteiger partial charge in [-0.3, -0.25) is 10.1 Å². The molecule has 20 heavy (non-hydrogen) atoms. The number of thiophene rings is 1. The molecule has 0 unspecified atom stereocenters. The predicted octanol–water partition coefficient (Wildman–Crippen LogP) is 3.21. The monoisotopic (exact) mass is 294 g/mol. The lowest BCUT2D eigenvalue weighted by atomic mass is 9.97. The fraction of sp³-hybridized carbons (Fsp3) is 0.231. The van der Waals surface area contributed by atoms with Crippen molar-refractivity contribution in [3.8, 4) is 22.6 Å². The van der Waals surface area contributed by atoms with Crippen molar-refractivity contribution in [2.45, 2.75) is 6.42 Å². The first-order valence-corrected chi connectivity index (χ1v) is 6.67. The number of rotatable bonds is 2. The van der Waals surface area contributed by atoms with Crippen molar-refractivity contribution in [3.63, 3.8) is 0 Å². The zero-order valence-corrected chi connectivity index (χ0v) is 11.3. The van der Waals surface area contributed by atoms with Crippen molar-refractivity contribution in [2.24, 2.45) is 0 Å². The highest BCUT2D eigenvalue weighted by Gasteiger charge is 2.30. The van der Waals surface area contributed by atoms with Crippen LogP contribution in [0.1, 0.15) is 5.56 Å². The van der Waals surface area contributed by atoms with E-state index in [2.05, 4.69) is 5.38 Å². The number of benzene rings is 1. The normalized spacial score (nSPS) is 12.9. The van der Waals surface area contributed by atoms with E-state index in [-0.39, 0.29) is 11.4 Å². The zero-order chi connectivity index (χ0) is 14.3. The summed E-state index contributed by atoms with van der Waals surface area (Å²) in [5.41, 5.74) is 0.965. The molecule has 103 valence electrons. The number of hydrogen-bond donors (Lipinski definition) is 0. The fourth-order valence-electron chi connectivity index (χ4n) is 2.31. The summed E-state index contributed by atoms with van der Waals surface area (Å²) >= 11 is 1.27. The summed E-state index contributed by atoms with van der Waals surface area (Å²) in [5, 5.41) is 15.7. The maximum atomic E-state index is 14.2. The fourth-order valence-corrected chi connectivity index (χ4v) is 2.99. The molecule has 3 rings (SSSR count). The second-order valence-electron chi connectivity index (χ2n) is 4.20.